The van der Waals surface area contributed by atoms with Crippen molar-refractivity contribution in [3.05, 3.63) is 64.6 Å². The number of halogens is 3. The van der Waals surface area contributed by atoms with Gasteiger partial charge in [0, 0.05) is 51.0 Å². The third-order valence-electron chi connectivity index (χ3n) is 7.48. The van der Waals surface area contributed by atoms with Gasteiger partial charge >= 0.3 is 0 Å². The lowest BCUT2D eigenvalue weighted by Gasteiger charge is -2.36. The molecule has 41 heavy (non-hydrogen) atoms. The summed E-state index contributed by atoms with van der Waals surface area (Å²) in [6.45, 7) is 3.27. The van der Waals surface area contributed by atoms with Gasteiger partial charge in [-0.1, -0.05) is 11.6 Å². The summed E-state index contributed by atoms with van der Waals surface area (Å²) in [7, 11) is 2.74. The van der Waals surface area contributed by atoms with E-state index in [1.54, 1.807) is 11.0 Å². The molecule has 0 aliphatic carbocycles. The Balaban J connectivity index is 1.23. The second-order valence-electron chi connectivity index (χ2n) is 9.93. The molecule has 3 aromatic rings. The van der Waals surface area contributed by atoms with E-state index < -0.39 is 17.5 Å². The van der Waals surface area contributed by atoms with Gasteiger partial charge in [0.1, 0.15) is 0 Å². The van der Waals surface area contributed by atoms with E-state index in [9.17, 15) is 23.2 Å². The van der Waals surface area contributed by atoms with E-state index in [1.807, 2.05) is 4.90 Å². The van der Waals surface area contributed by atoms with E-state index in [1.165, 1.54) is 49.2 Å². The lowest BCUT2D eigenvalue weighted by atomic mass is 10.1. The number of rotatable bonds is 6. The van der Waals surface area contributed by atoms with Crippen molar-refractivity contribution in [3.8, 4) is 17.0 Å². The number of piperazine rings is 1. The zero-order valence-corrected chi connectivity index (χ0v) is 23.3. The molecule has 2 aromatic carbocycles. The number of carbonyl (C=O) groups excluding carboxylic acids is 3. The molecular weight excluding hydrogens is 558 g/mol. The topological polar surface area (TPSA) is 109 Å². The SMILES string of the molecule is COc1ccc(-c2cnc(C(=O)Nc3ccc(C(=O)N4CCN(C(=O)[C@H]5CCNC5)CC4)c(Cl)c3)n2C)c(F)c1F. The molecule has 2 saturated heterocycles. The van der Waals surface area contributed by atoms with Crippen molar-refractivity contribution in [2.24, 2.45) is 13.0 Å². The van der Waals surface area contributed by atoms with Gasteiger partial charge in [-0.25, -0.2) is 9.37 Å². The number of hydrogen-bond donors (Lipinski definition) is 2. The Morgan fingerprint density at radius 3 is 2.46 bits per heavy atom. The Morgan fingerprint density at radius 1 is 1.07 bits per heavy atom. The summed E-state index contributed by atoms with van der Waals surface area (Å²) >= 11 is 6.43. The molecule has 2 aliphatic heterocycles. The summed E-state index contributed by atoms with van der Waals surface area (Å²) in [5.41, 5.74) is 0.711. The van der Waals surface area contributed by atoms with Gasteiger partial charge in [-0.05, 0) is 43.3 Å². The first kappa shape index (κ1) is 28.5. The minimum absolute atomic E-state index is 0.00147. The van der Waals surface area contributed by atoms with Crippen LogP contribution in [0.2, 0.25) is 5.02 Å². The first-order valence-corrected chi connectivity index (χ1v) is 13.5. The van der Waals surface area contributed by atoms with Crippen LogP contribution in [0.3, 0.4) is 0 Å². The molecule has 0 saturated carbocycles. The summed E-state index contributed by atoms with van der Waals surface area (Å²) in [6.07, 6.45) is 2.10. The molecule has 0 radical (unpaired) electrons. The fourth-order valence-electron chi connectivity index (χ4n) is 5.14. The normalized spacial score (nSPS) is 17.0. The molecule has 1 atom stereocenters. The van der Waals surface area contributed by atoms with Crippen molar-refractivity contribution in [1.82, 2.24) is 24.7 Å². The van der Waals surface area contributed by atoms with Gasteiger partial charge in [-0.3, -0.25) is 14.4 Å². The Hall–Kier alpha value is -4.03. The van der Waals surface area contributed by atoms with Crippen molar-refractivity contribution in [2.75, 3.05) is 51.7 Å². The molecule has 1 aromatic heterocycles. The fourth-order valence-corrected chi connectivity index (χ4v) is 5.40. The first-order chi connectivity index (χ1) is 19.7. The van der Waals surface area contributed by atoms with E-state index in [0.29, 0.717) is 38.4 Å². The van der Waals surface area contributed by atoms with Crippen molar-refractivity contribution in [3.63, 3.8) is 0 Å². The molecule has 3 amide bonds. The average Bonchev–Trinajstić information content (AvgIpc) is 3.64. The number of methoxy groups -OCH3 is 1. The lowest BCUT2D eigenvalue weighted by Crippen LogP contribution is -2.52. The van der Waals surface area contributed by atoms with Gasteiger partial charge < -0.3 is 29.7 Å². The maximum atomic E-state index is 14.6. The van der Waals surface area contributed by atoms with E-state index in [2.05, 4.69) is 15.6 Å². The molecule has 0 bridgehead atoms. The van der Waals surface area contributed by atoms with Gasteiger partial charge in [-0.2, -0.15) is 4.39 Å². The maximum Gasteiger partial charge on any atom is 0.291 e. The Kier molecular flexibility index (Phi) is 8.22. The number of amides is 3. The zero-order chi connectivity index (χ0) is 29.3. The van der Waals surface area contributed by atoms with Crippen LogP contribution in [-0.4, -0.2) is 83.5 Å². The smallest absolute Gasteiger partial charge is 0.291 e. The molecule has 2 N–H and O–H groups in total. The predicted octanol–water partition coefficient (Wildman–Crippen LogP) is 3.17. The Labute approximate surface area is 240 Å². The molecule has 216 valence electrons. The van der Waals surface area contributed by atoms with Crippen molar-refractivity contribution >= 4 is 35.0 Å². The standard InChI is InChI=1S/C28H29ClF2N6O4/c1-35-21(19-5-6-22(41-2)24(31)23(19)30)15-33-25(35)26(38)34-17-3-4-18(20(29)13-17)28(40)37-11-9-36(10-12-37)27(39)16-7-8-32-14-16/h3-6,13,15-16,32H,7-12,14H2,1-2H3,(H,34,38)/t16-/m0/s1. The number of anilines is 1. The molecule has 2 aliphatic rings. The van der Waals surface area contributed by atoms with Crippen LogP contribution < -0.4 is 15.4 Å². The highest BCUT2D eigenvalue weighted by Gasteiger charge is 2.31. The van der Waals surface area contributed by atoms with E-state index in [4.69, 9.17) is 16.3 Å². The van der Waals surface area contributed by atoms with Crippen LogP contribution in [-0.2, 0) is 11.8 Å². The number of carbonyl (C=O) groups is 3. The average molecular weight is 587 g/mol. The summed E-state index contributed by atoms with van der Waals surface area (Å²) in [5.74, 6) is -3.29. The number of imidazole rings is 1. The minimum Gasteiger partial charge on any atom is -0.494 e. The van der Waals surface area contributed by atoms with Crippen molar-refractivity contribution in [1.29, 1.82) is 0 Å². The van der Waals surface area contributed by atoms with Crippen LogP contribution >= 0.6 is 11.6 Å². The van der Waals surface area contributed by atoms with Crippen LogP contribution in [0.5, 0.6) is 5.75 Å². The van der Waals surface area contributed by atoms with Crippen LogP contribution in [0.15, 0.2) is 36.5 Å². The summed E-state index contributed by atoms with van der Waals surface area (Å²) < 4.78 is 35.0. The minimum atomic E-state index is -1.14. The van der Waals surface area contributed by atoms with Crippen LogP contribution in [0.1, 0.15) is 27.4 Å². The molecule has 5 rings (SSSR count). The van der Waals surface area contributed by atoms with E-state index in [0.717, 1.165) is 13.0 Å². The molecule has 2 fully saturated rings. The van der Waals surface area contributed by atoms with Gasteiger partial charge in [0.25, 0.3) is 11.8 Å². The Morgan fingerprint density at radius 2 is 1.80 bits per heavy atom. The number of benzene rings is 2. The van der Waals surface area contributed by atoms with Gasteiger partial charge in [0.05, 0.1) is 35.5 Å². The highest BCUT2D eigenvalue weighted by molar-refractivity contribution is 6.34. The van der Waals surface area contributed by atoms with Crippen molar-refractivity contribution < 1.29 is 27.9 Å². The highest BCUT2D eigenvalue weighted by atomic mass is 35.5. The third-order valence-corrected chi connectivity index (χ3v) is 7.79. The monoisotopic (exact) mass is 586 g/mol. The number of nitrogens with one attached hydrogen (secondary N) is 2. The number of aromatic nitrogens is 2. The molecule has 0 spiro atoms. The first-order valence-electron chi connectivity index (χ1n) is 13.1. The third kappa shape index (κ3) is 5.62. The second kappa shape index (κ2) is 11.8. The maximum absolute atomic E-state index is 14.6. The lowest BCUT2D eigenvalue weighted by molar-refractivity contribution is -0.136. The van der Waals surface area contributed by atoms with Gasteiger partial charge in [0.2, 0.25) is 11.7 Å². The van der Waals surface area contributed by atoms with Gasteiger partial charge in [-0.15, -0.1) is 0 Å². The zero-order valence-electron chi connectivity index (χ0n) is 22.5. The van der Waals surface area contributed by atoms with Crippen molar-refractivity contribution in [2.45, 2.75) is 6.42 Å². The molecule has 10 nitrogen and oxygen atoms in total. The molecule has 0 unspecified atom stereocenters. The summed E-state index contributed by atoms with van der Waals surface area (Å²) in [5, 5.41) is 6.03. The van der Waals surface area contributed by atoms with E-state index >= 15 is 0 Å². The van der Waals surface area contributed by atoms with Crippen LogP contribution in [0.4, 0.5) is 14.5 Å². The summed E-state index contributed by atoms with van der Waals surface area (Å²) in [4.78, 5) is 46.3. The molecular formula is C28H29ClF2N6O4. The largest absolute Gasteiger partial charge is 0.494 e. The molecule has 13 heteroatoms. The Bertz CT molecular complexity index is 1500. The van der Waals surface area contributed by atoms with Gasteiger partial charge in [0.15, 0.2) is 17.4 Å². The predicted molar refractivity (Wildman–Crippen MR) is 148 cm³/mol. The number of hydrogen-bond acceptors (Lipinski definition) is 6. The quantitative estimate of drug-likeness (QED) is 0.459. The van der Waals surface area contributed by atoms with Crippen LogP contribution in [0.25, 0.3) is 11.3 Å². The second-order valence-corrected chi connectivity index (χ2v) is 10.3. The number of nitrogens with zero attached hydrogens (tertiary/aromatic N) is 4. The number of ether oxygens (including phenoxy) is 1. The highest BCUT2D eigenvalue weighted by Crippen LogP contribution is 2.30. The fraction of sp³-hybridized carbons (Fsp3) is 0.357. The van der Waals surface area contributed by atoms with E-state index in [-0.39, 0.29) is 51.1 Å². The van der Waals surface area contributed by atoms with Crippen LogP contribution in [0, 0.1) is 17.6 Å². The summed E-state index contributed by atoms with van der Waals surface area (Å²) in [6, 6.07) is 7.17. The molecule has 3 heterocycles.